The molecule has 0 atom stereocenters. The Bertz CT molecular complexity index is 1050. The van der Waals surface area contributed by atoms with Crippen LogP contribution in [0.2, 0.25) is 0 Å². The van der Waals surface area contributed by atoms with Gasteiger partial charge in [0.1, 0.15) is 11.4 Å². The van der Waals surface area contributed by atoms with Crippen molar-refractivity contribution < 1.29 is 4.74 Å². The second-order valence-corrected chi connectivity index (χ2v) is 8.35. The SMILES string of the molecule is CC(C)(C)c1ccccc1Oc1ncccc1Nc1nc2ccccc2s1. The van der Waals surface area contributed by atoms with E-state index < -0.39 is 0 Å². The standard InChI is InChI=1S/C22H21N3OS/c1-22(2,3)15-9-4-6-12-18(15)26-20-17(11-8-14-23-20)25-21-24-16-10-5-7-13-19(16)27-21/h4-14H,1-3H3,(H,24,25). The van der Waals surface area contributed by atoms with E-state index in [2.05, 4.69) is 48.2 Å². The zero-order valence-electron chi connectivity index (χ0n) is 15.6. The highest BCUT2D eigenvalue weighted by atomic mass is 32.1. The van der Waals surface area contributed by atoms with Crippen LogP contribution in [0.15, 0.2) is 66.9 Å². The minimum Gasteiger partial charge on any atom is -0.437 e. The van der Waals surface area contributed by atoms with Gasteiger partial charge in [-0.2, -0.15) is 0 Å². The van der Waals surface area contributed by atoms with E-state index in [9.17, 15) is 0 Å². The average molecular weight is 375 g/mol. The van der Waals surface area contributed by atoms with Gasteiger partial charge in [-0.25, -0.2) is 9.97 Å². The lowest BCUT2D eigenvalue weighted by molar-refractivity contribution is 0.442. The largest absolute Gasteiger partial charge is 0.437 e. The maximum atomic E-state index is 6.22. The Labute approximate surface area is 162 Å². The molecule has 136 valence electrons. The highest BCUT2D eigenvalue weighted by Crippen LogP contribution is 2.37. The Morgan fingerprint density at radius 3 is 2.52 bits per heavy atom. The molecule has 0 spiro atoms. The van der Waals surface area contributed by atoms with Gasteiger partial charge in [0.25, 0.3) is 0 Å². The molecule has 4 rings (SSSR count). The second kappa shape index (κ2) is 7.00. The first-order valence-electron chi connectivity index (χ1n) is 8.86. The second-order valence-electron chi connectivity index (χ2n) is 7.32. The summed E-state index contributed by atoms with van der Waals surface area (Å²) in [5, 5.41) is 4.18. The van der Waals surface area contributed by atoms with Crippen LogP contribution in [0.5, 0.6) is 11.6 Å². The van der Waals surface area contributed by atoms with E-state index in [1.54, 1.807) is 17.5 Å². The molecule has 2 aromatic heterocycles. The van der Waals surface area contributed by atoms with E-state index in [1.807, 2.05) is 48.5 Å². The van der Waals surface area contributed by atoms with Gasteiger partial charge >= 0.3 is 0 Å². The first kappa shape index (κ1) is 17.5. The number of nitrogens with one attached hydrogen (secondary N) is 1. The molecule has 0 fully saturated rings. The van der Waals surface area contributed by atoms with Crippen LogP contribution in [0.25, 0.3) is 10.2 Å². The summed E-state index contributed by atoms with van der Waals surface area (Å²) < 4.78 is 7.36. The topological polar surface area (TPSA) is 47.0 Å². The molecular weight excluding hydrogens is 354 g/mol. The molecule has 27 heavy (non-hydrogen) atoms. The van der Waals surface area contributed by atoms with Gasteiger partial charge in [0, 0.05) is 11.8 Å². The third-order valence-corrected chi connectivity index (χ3v) is 5.16. The molecule has 4 aromatic rings. The predicted molar refractivity (Wildman–Crippen MR) is 112 cm³/mol. The van der Waals surface area contributed by atoms with Gasteiger partial charge in [0.2, 0.25) is 5.88 Å². The van der Waals surface area contributed by atoms with Crippen molar-refractivity contribution in [3.63, 3.8) is 0 Å². The lowest BCUT2D eigenvalue weighted by Gasteiger charge is -2.22. The van der Waals surface area contributed by atoms with Crippen LogP contribution in [-0.4, -0.2) is 9.97 Å². The molecule has 4 nitrogen and oxygen atoms in total. The number of pyridine rings is 1. The number of hydrogen-bond donors (Lipinski definition) is 1. The number of benzene rings is 2. The summed E-state index contributed by atoms with van der Waals surface area (Å²) >= 11 is 1.61. The molecule has 0 radical (unpaired) electrons. The van der Waals surface area contributed by atoms with Gasteiger partial charge in [-0.05, 0) is 35.7 Å². The molecule has 5 heteroatoms. The molecule has 0 aliphatic rings. The Hall–Kier alpha value is -2.92. The highest BCUT2D eigenvalue weighted by molar-refractivity contribution is 7.22. The van der Waals surface area contributed by atoms with Crippen LogP contribution in [0, 0.1) is 0 Å². The number of thiazole rings is 1. The molecule has 0 aliphatic carbocycles. The Morgan fingerprint density at radius 1 is 0.926 bits per heavy atom. The van der Waals surface area contributed by atoms with Crippen LogP contribution >= 0.6 is 11.3 Å². The Morgan fingerprint density at radius 2 is 1.70 bits per heavy atom. The predicted octanol–water partition coefficient (Wildman–Crippen LogP) is 6.52. The van der Waals surface area contributed by atoms with Gasteiger partial charge in [-0.3, -0.25) is 0 Å². The molecule has 1 N–H and O–H groups in total. The van der Waals surface area contributed by atoms with Crippen LogP contribution in [0.1, 0.15) is 26.3 Å². The molecule has 0 bridgehead atoms. The number of aromatic nitrogens is 2. The third kappa shape index (κ3) is 3.78. The van der Waals surface area contributed by atoms with E-state index in [1.165, 1.54) is 0 Å². The summed E-state index contributed by atoms with van der Waals surface area (Å²) in [7, 11) is 0. The number of para-hydroxylation sites is 2. The van der Waals surface area contributed by atoms with Gasteiger partial charge in [0.05, 0.1) is 10.2 Å². The molecular formula is C22H21N3OS. The molecule has 0 unspecified atom stereocenters. The average Bonchev–Trinajstić information content (AvgIpc) is 3.05. The van der Waals surface area contributed by atoms with Gasteiger partial charge in [-0.1, -0.05) is 62.4 Å². The van der Waals surface area contributed by atoms with E-state index >= 15 is 0 Å². The molecule has 0 saturated carbocycles. The summed E-state index contributed by atoms with van der Waals surface area (Å²) in [5.74, 6) is 1.35. The number of hydrogen-bond acceptors (Lipinski definition) is 5. The van der Waals surface area contributed by atoms with Gasteiger partial charge < -0.3 is 10.1 Å². The number of nitrogens with zero attached hydrogens (tertiary/aromatic N) is 2. The van der Waals surface area contributed by atoms with Crippen LogP contribution in [0.4, 0.5) is 10.8 Å². The quantitative estimate of drug-likeness (QED) is 0.441. The normalized spacial score (nSPS) is 11.5. The molecule has 0 aliphatic heterocycles. The first-order chi connectivity index (χ1) is 13.0. The van der Waals surface area contributed by atoms with E-state index in [0.717, 1.165) is 32.3 Å². The van der Waals surface area contributed by atoms with Crippen molar-refractivity contribution in [2.45, 2.75) is 26.2 Å². The first-order valence-corrected chi connectivity index (χ1v) is 9.67. The van der Waals surface area contributed by atoms with E-state index in [4.69, 9.17) is 4.74 Å². The fraction of sp³-hybridized carbons (Fsp3) is 0.182. The minimum atomic E-state index is -0.0218. The van der Waals surface area contributed by atoms with Crippen LogP contribution in [-0.2, 0) is 5.41 Å². The number of fused-ring (bicyclic) bond motifs is 1. The molecule has 2 aromatic carbocycles. The van der Waals surface area contributed by atoms with Crippen molar-refractivity contribution in [1.29, 1.82) is 0 Å². The molecule has 0 saturated heterocycles. The Kier molecular flexibility index (Phi) is 4.54. The van der Waals surface area contributed by atoms with E-state index in [-0.39, 0.29) is 5.41 Å². The van der Waals surface area contributed by atoms with Gasteiger partial charge in [0.15, 0.2) is 5.13 Å². The molecule has 2 heterocycles. The van der Waals surface area contributed by atoms with Crippen molar-refractivity contribution in [3.8, 4) is 11.6 Å². The third-order valence-electron chi connectivity index (χ3n) is 4.21. The smallest absolute Gasteiger partial charge is 0.243 e. The van der Waals surface area contributed by atoms with Gasteiger partial charge in [-0.15, -0.1) is 0 Å². The zero-order chi connectivity index (χ0) is 18.9. The highest BCUT2D eigenvalue weighted by Gasteiger charge is 2.20. The summed E-state index contributed by atoms with van der Waals surface area (Å²) in [6.07, 6.45) is 1.73. The lowest BCUT2D eigenvalue weighted by Crippen LogP contribution is -2.12. The summed E-state index contributed by atoms with van der Waals surface area (Å²) in [4.78, 5) is 9.08. The number of ether oxygens (including phenoxy) is 1. The van der Waals surface area contributed by atoms with Crippen molar-refractivity contribution in [3.05, 3.63) is 72.4 Å². The maximum absolute atomic E-state index is 6.22. The van der Waals surface area contributed by atoms with E-state index in [0.29, 0.717) is 5.88 Å². The summed E-state index contributed by atoms with van der Waals surface area (Å²) in [6.45, 7) is 6.52. The fourth-order valence-electron chi connectivity index (χ4n) is 2.89. The summed E-state index contributed by atoms with van der Waals surface area (Å²) in [6, 6.07) is 20.0. The zero-order valence-corrected chi connectivity index (χ0v) is 16.4. The van der Waals surface area contributed by atoms with Crippen molar-refractivity contribution >= 4 is 32.4 Å². The van der Waals surface area contributed by atoms with Crippen molar-refractivity contribution in [1.82, 2.24) is 9.97 Å². The van der Waals surface area contributed by atoms with Crippen LogP contribution in [0.3, 0.4) is 0 Å². The number of anilines is 2. The van der Waals surface area contributed by atoms with Crippen molar-refractivity contribution in [2.24, 2.45) is 0 Å². The van der Waals surface area contributed by atoms with Crippen molar-refractivity contribution in [2.75, 3.05) is 5.32 Å². The Balaban J connectivity index is 1.66. The maximum Gasteiger partial charge on any atom is 0.243 e. The molecule has 0 amide bonds. The summed E-state index contributed by atoms with van der Waals surface area (Å²) in [5.41, 5.74) is 2.89. The van der Waals surface area contributed by atoms with Crippen LogP contribution < -0.4 is 10.1 Å². The monoisotopic (exact) mass is 375 g/mol. The fourth-order valence-corrected chi connectivity index (χ4v) is 3.77. The minimum absolute atomic E-state index is 0.0218. The number of rotatable bonds is 4. The lowest BCUT2D eigenvalue weighted by atomic mass is 9.86.